The first kappa shape index (κ1) is 24.6. The smallest absolute Gasteiger partial charge is 0.293 e. The number of imide groups is 1. The minimum atomic E-state index is -0.377. The van der Waals surface area contributed by atoms with Gasteiger partial charge in [-0.25, -0.2) is 0 Å². The lowest BCUT2D eigenvalue weighted by atomic mass is 10.1. The number of nitrogens with zero attached hydrogens (tertiary/aromatic N) is 1. The number of thioether (sulfide) groups is 1. The molecule has 3 amide bonds. The van der Waals surface area contributed by atoms with E-state index >= 15 is 0 Å². The predicted octanol–water partition coefficient (Wildman–Crippen LogP) is 6.21. The molecule has 3 aromatic carbocycles. The quantitative estimate of drug-likeness (QED) is 0.385. The van der Waals surface area contributed by atoms with E-state index in [9.17, 15) is 14.4 Å². The zero-order chi connectivity index (χ0) is 24.9. The van der Waals surface area contributed by atoms with E-state index in [4.69, 9.17) is 16.3 Å². The summed E-state index contributed by atoms with van der Waals surface area (Å²) in [7, 11) is 0. The normalized spacial score (nSPS) is 14.5. The summed E-state index contributed by atoms with van der Waals surface area (Å²) in [5.41, 5.74) is 4.21. The maximum atomic E-state index is 12.9. The predicted molar refractivity (Wildman–Crippen MR) is 139 cm³/mol. The molecule has 1 heterocycles. The average molecular weight is 507 g/mol. The van der Waals surface area contributed by atoms with E-state index in [1.165, 1.54) is 4.90 Å². The van der Waals surface area contributed by atoms with E-state index in [1.54, 1.807) is 54.6 Å². The Labute approximate surface area is 212 Å². The standard InChI is InChI=1S/C27H23ClN2O4S/c1-17-7-12-22(18(2)13-17)29-25(31)16-34-23-6-4-3-5-20(23)14-24-26(32)30(27(33)35-24)15-19-8-10-21(28)11-9-19/h3-14H,15-16H2,1-2H3,(H,29,31)/b24-14-. The Morgan fingerprint density at radius 2 is 1.80 bits per heavy atom. The molecule has 0 spiro atoms. The number of hydrogen-bond acceptors (Lipinski definition) is 5. The van der Waals surface area contributed by atoms with Gasteiger partial charge in [0.05, 0.1) is 11.4 Å². The van der Waals surface area contributed by atoms with Crippen molar-refractivity contribution >= 4 is 52.2 Å². The van der Waals surface area contributed by atoms with Crippen molar-refractivity contribution in [2.75, 3.05) is 11.9 Å². The third-order valence-electron chi connectivity index (χ3n) is 5.35. The molecule has 0 unspecified atom stereocenters. The second kappa shape index (κ2) is 10.8. The van der Waals surface area contributed by atoms with Crippen LogP contribution in [0.4, 0.5) is 10.5 Å². The average Bonchev–Trinajstić information content (AvgIpc) is 3.09. The van der Waals surface area contributed by atoms with Crippen molar-refractivity contribution in [2.24, 2.45) is 0 Å². The summed E-state index contributed by atoms with van der Waals surface area (Å²) in [6.07, 6.45) is 1.62. The van der Waals surface area contributed by atoms with Gasteiger partial charge in [0.15, 0.2) is 6.61 Å². The van der Waals surface area contributed by atoms with Crippen molar-refractivity contribution < 1.29 is 19.1 Å². The van der Waals surface area contributed by atoms with E-state index in [-0.39, 0.29) is 30.2 Å². The van der Waals surface area contributed by atoms with Crippen LogP contribution >= 0.6 is 23.4 Å². The van der Waals surface area contributed by atoms with Gasteiger partial charge in [-0.15, -0.1) is 0 Å². The highest BCUT2D eigenvalue weighted by Crippen LogP contribution is 2.35. The molecule has 8 heteroatoms. The number of aryl methyl sites for hydroxylation is 2. The monoisotopic (exact) mass is 506 g/mol. The molecule has 4 rings (SSSR count). The van der Waals surface area contributed by atoms with Crippen LogP contribution in [0.3, 0.4) is 0 Å². The van der Waals surface area contributed by atoms with Gasteiger partial charge in [0.25, 0.3) is 17.1 Å². The van der Waals surface area contributed by atoms with Crippen molar-refractivity contribution in [2.45, 2.75) is 20.4 Å². The Hall–Kier alpha value is -3.55. The van der Waals surface area contributed by atoms with Gasteiger partial charge >= 0.3 is 0 Å². The molecule has 1 saturated heterocycles. The number of amides is 3. The number of rotatable bonds is 7. The minimum Gasteiger partial charge on any atom is -0.483 e. The molecule has 0 radical (unpaired) electrons. The second-order valence-electron chi connectivity index (χ2n) is 8.09. The van der Waals surface area contributed by atoms with Gasteiger partial charge < -0.3 is 10.1 Å². The number of hydrogen-bond donors (Lipinski definition) is 1. The Morgan fingerprint density at radius 3 is 2.54 bits per heavy atom. The molecule has 0 saturated carbocycles. The van der Waals surface area contributed by atoms with Crippen molar-refractivity contribution in [1.82, 2.24) is 4.90 Å². The third-order valence-corrected chi connectivity index (χ3v) is 6.51. The number of para-hydroxylation sites is 1. The number of ether oxygens (including phenoxy) is 1. The lowest BCUT2D eigenvalue weighted by molar-refractivity contribution is -0.123. The van der Waals surface area contributed by atoms with Gasteiger partial charge in [0, 0.05) is 16.3 Å². The van der Waals surface area contributed by atoms with Crippen molar-refractivity contribution in [3.8, 4) is 5.75 Å². The van der Waals surface area contributed by atoms with Crippen molar-refractivity contribution in [3.05, 3.63) is 98.9 Å². The number of carbonyl (C=O) groups is 3. The summed E-state index contributed by atoms with van der Waals surface area (Å²) >= 11 is 6.79. The Morgan fingerprint density at radius 1 is 1.06 bits per heavy atom. The summed E-state index contributed by atoms with van der Waals surface area (Å²) in [5, 5.41) is 3.09. The Kier molecular flexibility index (Phi) is 7.58. The zero-order valence-electron chi connectivity index (χ0n) is 19.2. The summed E-state index contributed by atoms with van der Waals surface area (Å²) in [4.78, 5) is 39.3. The lowest BCUT2D eigenvalue weighted by Crippen LogP contribution is -2.27. The summed E-state index contributed by atoms with van der Waals surface area (Å²) < 4.78 is 5.75. The van der Waals surface area contributed by atoms with Crippen molar-refractivity contribution in [1.29, 1.82) is 0 Å². The van der Waals surface area contributed by atoms with Crippen LogP contribution in [0, 0.1) is 13.8 Å². The van der Waals surface area contributed by atoms with Crippen LogP contribution < -0.4 is 10.1 Å². The first-order valence-corrected chi connectivity index (χ1v) is 12.1. The highest BCUT2D eigenvalue weighted by Gasteiger charge is 2.35. The summed E-state index contributed by atoms with van der Waals surface area (Å²) in [6, 6.07) is 19.8. The molecule has 0 bridgehead atoms. The van der Waals surface area contributed by atoms with E-state index in [0.717, 1.165) is 34.1 Å². The molecule has 3 aromatic rings. The van der Waals surface area contributed by atoms with Crippen molar-refractivity contribution in [3.63, 3.8) is 0 Å². The van der Waals surface area contributed by atoms with Crippen LogP contribution in [0.25, 0.3) is 6.08 Å². The molecule has 1 aliphatic rings. The Balaban J connectivity index is 1.44. The number of nitrogens with one attached hydrogen (secondary N) is 1. The number of carbonyl (C=O) groups excluding carboxylic acids is 3. The second-order valence-corrected chi connectivity index (χ2v) is 9.52. The fraction of sp³-hybridized carbons (Fsp3) is 0.148. The SMILES string of the molecule is Cc1ccc(NC(=O)COc2ccccc2/C=C2\SC(=O)N(Cc3ccc(Cl)cc3)C2=O)c(C)c1. The molecule has 1 fully saturated rings. The van der Waals surface area contributed by atoms with Crippen LogP contribution in [-0.2, 0) is 16.1 Å². The Bertz CT molecular complexity index is 1320. The summed E-state index contributed by atoms with van der Waals surface area (Å²) in [5.74, 6) is -0.236. The molecule has 6 nitrogen and oxygen atoms in total. The molecular formula is C27H23ClN2O4S. The molecule has 1 N–H and O–H groups in total. The van der Waals surface area contributed by atoms with Crippen LogP contribution in [-0.4, -0.2) is 28.6 Å². The number of halogens is 1. The number of anilines is 1. The molecule has 0 aliphatic carbocycles. The van der Waals surface area contributed by atoms with Gasteiger partial charge in [0.2, 0.25) is 0 Å². The summed E-state index contributed by atoms with van der Waals surface area (Å²) in [6.45, 7) is 3.88. The molecule has 0 atom stereocenters. The highest BCUT2D eigenvalue weighted by molar-refractivity contribution is 8.18. The van der Waals surface area contributed by atoms with Crippen LogP contribution in [0.2, 0.25) is 5.02 Å². The molecule has 178 valence electrons. The highest BCUT2D eigenvalue weighted by atomic mass is 35.5. The topological polar surface area (TPSA) is 75.7 Å². The van der Waals surface area contributed by atoms with Gasteiger partial charge in [-0.1, -0.05) is 59.6 Å². The van der Waals surface area contributed by atoms with Crippen LogP contribution in [0.5, 0.6) is 5.75 Å². The van der Waals surface area contributed by atoms with E-state index < -0.39 is 0 Å². The maximum absolute atomic E-state index is 12.9. The first-order chi connectivity index (χ1) is 16.8. The molecule has 1 aliphatic heterocycles. The van der Waals surface area contributed by atoms with E-state index in [1.807, 2.05) is 32.0 Å². The number of benzene rings is 3. The first-order valence-electron chi connectivity index (χ1n) is 10.9. The minimum absolute atomic E-state index is 0.163. The fourth-order valence-electron chi connectivity index (χ4n) is 3.56. The molecular weight excluding hydrogens is 484 g/mol. The van der Waals surface area contributed by atoms with Crippen LogP contribution in [0.15, 0.2) is 71.6 Å². The van der Waals surface area contributed by atoms with Gasteiger partial charge in [-0.05, 0) is 67.1 Å². The third kappa shape index (κ3) is 6.12. The maximum Gasteiger partial charge on any atom is 0.293 e. The van der Waals surface area contributed by atoms with E-state index in [0.29, 0.717) is 21.2 Å². The van der Waals surface area contributed by atoms with Gasteiger partial charge in [-0.2, -0.15) is 0 Å². The lowest BCUT2D eigenvalue weighted by Gasteiger charge is -2.13. The van der Waals surface area contributed by atoms with Gasteiger partial charge in [-0.3, -0.25) is 19.3 Å². The fourth-order valence-corrected chi connectivity index (χ4v) is 4.52. The zero-order valence-corrected chi connectivity index (χ0v) is 20.8. The molecule has 0 aromatic heterocycles. The largest absolute Gasteiger partial charge is 0.483 e. The van der Waals surface area contributed by atoms with E-state index in [2.05, 4.69) is 5.32 Å². The van der Waals surface area contributed by atoms with Gasteiger partial charge in [0.1, 0.15) is 5.75 Å². The van der Waals surface area contributed by atoms with Crippen LogP contribution in [0.1, 0.15) is 22.3 Å². The molecule has 35 heavy (non-hydrogen) atoms.